The second kappa shape index (κ2) is 8.42. The number of hydrogen-bond donors (Lipinski definition) is 1. The molecule has 3 aromatic rings. The molecule has 2 aromatic carbocycles. The Bertz CT molecular complexity index is 1210. The molecule has 166 valence electrons. The van der Waals surface area contributed by atoms with Crippen molar-refractivity contribution < 1.29 is 19.0 Å². The molecule has 0 atom stereocenters. The lowest BCUT2D eigenvalue weighted by molar-refractivity contribution is 0.00673. The summed E-state index contributed by atoms with van der Waals surface area (Å²) in [6.45, 7) is 6.20. The lowest BCUT2D eigenvalue weighted by Gasteiger charge is -2.26. The quantitative estimate of drug-likeness (QED) is 0.609. The number of hydrogen-bond acceptors (Lipinski definition) is 6. The highest BCUT2D eigenvalue weighted by Gasteiger charge is 2.25. The SMILES string of the molecule is COc1cc2c(cc1OCc1ccccc1)CNn1cc(C(=O)OC(C)(C)C)c(=O)cc1-2. The fourth-order valence-corrected chi connectivity index (χ4v) is 3.52. The molecule has 4 rings (SSSR count). The van der Waals surface area contributed by atoms with Crippen LogP contribution in [0.2, 0.25) is 0 Å². The van der Waals surface area contributed by atoms with Crippen LogP contribution in [0, 0.1) is 0 Å². The molecule has 7 nitrogen and oxygen atoms in total. The molecule has 0 unspecified atom stereocenters. The van der Waals surface area contributed by atoms with E-state index in [-0.39, 0.29) is 5.56 Å². The van der Waals surface area contributed by atoms with Crippen molar-refractivity contribution in [3.05, 3.63) is 81.6 Å². The van der Waals surface area contributed by atoms with Crippen LogP contribution in [0.15, 0.2) is 59.5 Å². The first-order valence-corrected chi connectivity index (χ1v) is 10.4. The van der Waals surface area contributed by atoms with E-state index in [0.29, 0.717) is 30.3 Å². The van der Waals surface area contributed by atoms with Gasteiger partial charge in [0.25, 0.3) is 0 Å². The number of carbonyl (C=O) groups is 1. The monoisotopic (exact) mass is 434 g/mol. The first kappa shape index (κ1) is 21.5. The number of nitrogens with zero attached hydrogens (tertiary/aromatic N) is 1. The Labute approximate surface area is 186 Å². The fourth-order valence-electron chi connectivity index (χ4n) is 3.52. The summed E-state index contributed by atoms with van der Waals surface area (Å²) in [5.41, 5.74) is 5.59. The molecule has 1 aliphatic rings. The van der Waals surface area contributed by atoms with Crippen LogP contribution in [0.4, 0.5) is 0 Å². The number of ether oxygens (including phenoxy) is 3. The largest absolute Gasteiger partial charge is 0.493 e. The highest BCUT2D eigenvalue weighted by atomic mass is 16.6. The molecule has 0 amide bonds. The van der Waals surface area contributed by atoms with Crippen LogP contribution in [0.25, 0.3) is 11.3 Å². The maximum atomic E-state index is 12.7. The third-order valence-electron chi connectivity index (χ3n) is 5.01. The van der Waals surface area contributed by atoms with E-state index in [1.807, 2.05) is 42.5 Å². The van der Waals surface area contributed by atoms with Crippen molar-refractivity contribution in [2.45, 2.75) is 39.5 Å². The van der Waals surface area contributed by atoms with Gasteiger partial charge in [-0.15, -0.1) is 0 Å². The highest BCUT2D eigenvalue weighted by Crippen LogP contribution is 2.37. The van der Waals surface area contributed by atoms with E-state index in [9.17, 15) is 9.59 Å². The first-order valence-electron chi connectivity index (χ1n) is 10.4. The van der Waals surface area contributed by atoms with Crippen molar-refractivity contribution >= 4 is 5.97 Å². The Morgan fingerprint density at radius 3 is 2.53 bits per heavy atom. The maximum Gasteiger partial charge on any atom is 0.344 e. The van der Waals surface area contributed by atoms with Crippen molar-refractivity contribution in [3.63, 3.8) is 0 Å². The number of methoxy groups -OCH3 is 1. The summed E-state index contributed by atoms with van der Waals surface area (Å²) in [6, 6.07) is 15.1. The summed E-state index contributed by atoms with van der Waals surface area (Å²) in [6.07, 6.45) is 1.49. The van der Waals surface area contributed by atoms with Crippen LogP contribution in [-0.4, -0.2) is 23.4 Å². The molecular formula is C25H26N2O5. The van der Waals surface area contributed by atoms with Crippen molar-refractivity contribution in [1.29, 1.82) is 0 Å². The number of aromatic nitrogens is 1. The van der Waals surface area contributed by atoms with Gasteiger partial charge in [-0.25, -0.2) is 4.79 Å². The molecular weight excluding hydrogens is 408 g/mol. The van der Waals surface area contributed by atoms with Crippen molar-refractivity contribution in [2.24, 2.45) is 0 Å². The van der Waals surface area contributed by atoms with E-state index < -0.39 is 17.0 Å². The van der Waals surface area contributed by atoms with Gasteiger partial charge in [-0.05, 0) is 44.0 Å². The molecule has 7 heteroatoms. The van der Waals surface area contributed by atoms with Crippen LogP contribution < -0.4 is 20.3 Å². The van der Waals surface area contributed by atoms with Gasteiger partial charge in [-0.2, -0.15) is 0 Å². The smallest absolute Gasteiger partial charge is 0.344 e. The highest BCUT2D eigenvalue weighted by molar-refractivity contribution is 5.90. The van der Waals surface area contributed by atoms with E-state index in [0.717, 1.165) is 16.7 Å². The molecule has 0 saturated carbocycles. The van der Waals surface area contributed by atoms with Crippen molar-refractivity contribution in [3.8, 4) is 22.8 Å². The molecule has 1 N–H and O–H groups in total. The van der Waals surface area contributed by atoms with Gasteiger partial charge < -0.3 is 19.6 Å². The van der Waals surface area contributed by atoms with Gasteiger partial charge >= 0.3 is 5.97 Å². The van der Waals surface area contributed by atoms with E-state index in [1.54, 1.807) is 32.6 Å². The molecule has 1 aromatic heterocycles. The minimum Gasteiger partial charge on any atom is -0.493 e. The summed E-state index contributed by atoms with van der Waals surface area (Å²) >= 11 is 0. The first-order chi connectivity index (χ1) is 15.2. The second-order valence-electron chi connectivity index (χ2n) is 8.58. The summed E-state index contributed by atoms with van der Waals surface area (Å²) in [7, 11) is 1.58. The minimum absolute atomic E-state index is 0.0191. The Hall–Kier alpha value is -3.74. The lowest BCUT2D eigenvalue weighted by atomic mass is 10.0. The van der Waals surface area contributed by atoms with Gasteiger partial charge in [0.1, 0.15) is 17.8 Å². The van der Waals surface area contributed by atoms with E-state index in [4.69, 9.17) is 14.2 Å². The maximum absolute atomic E-state index is 12.7. The zero-order valence-corrected chi connectivity index (χ0v) is 18.6. The van der Waals surface area contributed by atoms with Gasteiger partial charge in [-0.1, -0.05) is 30.3 Å². The number of benzene rings is 2. The van der Waals surface area contributed by atoms with Gasteiger partial charge in [0.15, 0.2) is 16.9 Å². The van der Waals surface area contributed by atoms with E-state index >= 15 is 0 Å². The summed E-state index contributed by atoms with van der Waals surface area (Å²) in [4.78, 5) is 25.2. The lowest BCUT2D eigenvalue weighted by Crippen LogP contribution is -2.31. The Morgan fingerprint density at radius 2 is 1.84 bits per heavy atom. The molecule has 0 radical (unpaired) electrons. The normalized spacial score (nSPS) is 12.2. The van der Waals surface area contributed by atoms with Gasteiger partial charge in [-0.3, -0.25) is 9.47 Å². The van der Waals surface area contributed by atoms with Crippen LogP contribution in [0.5, 0.6) is 11.5 Å². The third-order valence-corrected chi connectivity index (χ3v) is 5.01. The van der Waals surface area contributed by atoms with Gasteiger partial charge in [0, 0.05) is 17.8 Å². The summed E-state index contributed by atoms with van der Waals surface area (Å²) < 4.78 is 18.6. The number of carbonyl (C=O) groups excluding carboxylic acids is 1. The number of pyridine rings is 1. The molecule has 0 spiro atoms. The standard InChI is InChI=1S/C25H26N2O5/c1-25(2,3)32-24(29)19-14-27-20(12-21(19)28)18-11-22(30-4)23(10-17(18)13-26-27)31-15-16-8-6-5-7-9-16/h5-12,14,26H,13,15H2,1-4H3. The molecule has 1 aliphatic heterocycles. The molecule has 0 aliphatic carbocycles. The Kier molecular flexibility index (Phi) is 5.65. The molecule has 0 saturated heterocycles. The Morgan fingerprint density at radius 1 is 1.09 bits per heavy atom. The van der Waals surface area contributed by atoms with Crippen molar-refractivity contribution in [2.75, 3.05) is 12.5 Å². The molecule has 0 bridgehead atoms. The van der Waals surface area contributed by atoms with E-state index in [2.05, 4.69) is 5.43 Å². The molecule has 0 fully saturated rings. The Balaban J connectivity index is 1.67. The van der Waals surface area contributed by atoms with Crippen molar-refractivity contribution in [1.82, 2.24) is 4.68 Å². The second-order valence-corrected chi connectivity index (χ2v) is 8.58. The van der Waals surface area contributed by atoms with Crippen LogP contribution in [0.3, 0.4) is 0 Å². The van der Waals surface area contributed by atoms with Gasteiger partial charge in [0.2, 0.25) is 0 Å². The third kappa shape index (κ3) is 4.46. The summed E-state index contributed by atoms with van der Waals surface area (Å²) in [5, 5.41) is 0. The van der Waals surface area contributed by atoms with Gasteiger partial charge in [0.05, 0.1) is 19.3 Å². The molecule has 2 heterocycles. The number of nitrogens with one attached hydrogen (secondary N) is 1. The number of esters is 1. The number of rotatable bonds is 5. The average Bonchev–Trinajstić information content (AvgIpc) is 2.76. The van der Waals surface area contributed by atoms with E-state index in [1.165, 1.54) is 12.3 Å². The predicted octanol–water partition coefficient (Wildman–Crippen LogP) is 4.12. The zero-order valence-electron chi connectivity index (χ0n) is 18.6. The molecule has 32 heavy (non-hydrogen) atoms. The zero-order chi connectivity index (χ0) is 22.9. The topological polar surface area (TPSA) is 78.8 Å². The van der Waals surface area contributed by atoms with Crippen LogP contribution >= 0.6 is 0 Å². The predicted molar refractivity (Wildman–Crippen MR) is 122 cm³/mol. The fraction of sp³-hybridized carbons (Fsp3) is 0.280. The summed E-state index contributed by atoms with van der Waals surface area (Å²) in [5.74, 6) is 0.544. The average molecular weight is 434 g/mol. The van der Waals surface area contributed by atoms with Crippen LogP contribution in [-0.2, 0) is 17.9 Å². The number of fused-ring (bicyclic) bond motifs is 3. The minimum atomic E-state index is -0.687. The van der Waals surface area contributed by atoms with Crippen LogP contribution in [0.1, 0.15) is 42.3 Å².